The minimum Gasteiger partial charge on any atom is -0.412 e. The zero-order chi connectivity index (χ0) is 63.7. The number of rotatable bonds is 10. The second-order valence-electron chi connectivity index (χ2n) is 32.4. The molecule has 2 heterocycles. The van der Waals surface area contributed by atoms with E-state index >= 15 is 0 Å². The van der Waals surface area contributed by atoms with Gasteiger partial charge in [-0.1, -0.05) is 142 Å². The lowest BCUT2D eigenvalue weighted by Crippen LogP contribution is -2.69. The summed E-state index contributed by atoms with van der Waals surface area (Å²) in [7, 11) is 3.28. The third-order valence-corrected chi connectivity index (χ3v) is 34.2. The Bertz CT molecular complexity index is 2460. The third-order valence-electron chi connectivity index (χ3n) is 24.6. The van der Waals surface area contributed by atoms with E-state index in [1.54, 1.807) is 0 Å². The number of ether oxygens (including phenoxy) is 6. The van der Waals surface area contributed by atoms with E-state index in [1.807, 2.05) is 0 Å². The van der Waals surface area contributed by atoms with Crippen LogP contribution in [0.25, 0.3) is 0 Å². The molecule has 0 amide bonds. The SMILES string of the molecule is CC1(C)O[C@@H]2C3C([C@@H](OCc4ccccc4)C[C@@]4(Cl)C3CC[C@@H]4O[Si](C)(C)C(C)(C)C)[C@@]3(C)CCCCC3[C@H]2O1.CC1(C)O[C@@H]2C3C([C@@H](OCc4ccccc4)C[C@@]4(O)C3CC[C@@H]4O[Si](C)(C)C(C)(C)C)[C@@]3(C)CCCCC3[C@H]2O1.ClCCl.O=S(Cl)Cl. The molecule has 0 radical (unpaired) electrons. The van der Waals surface area contributed by atoms with Gasteiger partial charge in [0, 0.05) is 27.8 Å². The van der Waals surface area contributed by atoms with Crippen LogP contribution in [0.2, 0.25) is 36.3 Å². The van der Waals surface area contributed by atoms with Crippen LogP contribution in [0.15, 0.2) is 60.7 Å². The van der Waals surface area contributed by atoms with Gasteiger partial charge in [-0.2, -0.15) is 0 Å². The van der Waals surface area contributed by atoms with Crippen molar-refractivity contribution in [3.63, 3.8) is 0 Å². The quantitative estimate of drug-likeness (QED) is 0.140. The molecule has 20 atom stereocenters. The Morgan fingerprint density at radius 2 is 0.920 bits per heavy atom. The van der Waals surface area contributed by atoms with Gasteiger partial charge in [0.2, 0.25) is 9.23 Å². The van der Waals surface area contributed by atoms with Crippen LogP contribution in [0.1, 0.15) is 184 Å². The highest BCUT2D eigenvalue weighted by Gasteiger charge is 2.74. The maximum absolute atomic E-state index is 12.9. The van der Waals surface area contributed by atoms with Crippen molar-refractivity contribution in [1.82, 2.24) is 0 Å². The Morgan fingerprint density at radius 1 is 0.552 bits per heavy atom. The summed E-state index contributed by atoms with van der Waals surface area (Å²) in [5.74, 6) is 1.51. The Labute approximate surface area is 553 Å². The first kappa shape index (κ1) is 71.4. The van der Waals surface area contributed by atoms with E-state index in [0.717, 1.165) is 32.1 Å². The van der Waals surface area contributed by atoms with Crippen molar-refractivity contribution in [2.24, 2.45) is 58.2 Å². The zero-order valence-corrected chi connectivity index (χ0v) is 62.0. The lowest BCUT2D eigenvalue weighted by atomic mass is 9.44. The monoisotopic (exact) mass is 1360 g/mol. The highest BCUT2D eigenvalue weighted by atomic mass is 36.0. The van der Waals surface area contributed by atoms with E-state index in [4.69, 9.17) is 76.3 Å². The fourth-order valence-electron chi connectivity index (χ4n) is 19.0. The molecule has 2 saturated heterocycles. The molecular weight excluding hydrogens is 1250 g/mol. The Kier molecular flexibility index (Phi) is 22.1. The molecule has 10 fully saturated rings. The molecule has 12 rings (SSSR count). The highest BCUT2D eigenvalue weighted by molar-refractivity contribution is 8.26. The van der Waals surface area contributed by atoms with Crippen LogP contribution < -0.4 is 0 Å². The van der Waals surface area contributed by atoms with Gasteiger partial charge in [-0.15, -0.1) is 34.8 Å². The van der Waals surface area contributed by atoms with Gasteiger partial charge in [-0.3, -0.25) is 0 Å². The summed E-state index contributed by atoms with van der Waals surface area (Å²) >= 11 is 17.5. The molecule has 2 aromatic rings. The van der Waals surface area contributed by atoms with E-state index in [0.29, 0.717) is 55.1 Å². The summed E-state index contributed by atoms with van der Waals surface area (Å²) in [6.07, 6.45) is 15.6. The second kappa shape index (κ2) is 27.0. The predicted octanol–water partition coefficient (Wildman–Crippen LogP) is 18.6. The van der Waals surface area contributed by atoms with E-state index in [-0.39, 0.29) is 86.9 Å². The minimum absolute atomic E-state index is 0.0116. The van der Waals surface area contributed by atoms with Gasteiger partial charge >= 0.3 is 0 Å². The van der Waals surface area contributed by atoms with Crippen LogP contribution in [0, 0.1) is 58.2 Å². The molecule has 2 aliphatic heterocycles. The number of alkyl halides is 3. The number of halogens is 5. The van der Waals surface area contributed by atoms with Crippen LogP contribution in [0.5, 0.6) is 0 Å². The molecule has 0 bridgehead atoms. The second-order valence-corrected chi connectivity index (χ2v) is 46.0. The van der Waals surface area contributed by atoms with Crippen molar-refractivity contribution in [3.05, 3.63) is 71.8 Å². The predicted molar refractivity (Wildman–Crippen MR) is 361 cm³/mol. The van der Waals surface area contributed by atoms with Crippen molar-refractivity contribution in [2.75, 3.05) is 5.34 Å². The van der Waals surface area contributed by atoms with Crippen molar-refractivity contribution in [2.45, 2.75) is 293 Å². The smallest absolute Gasteiger partial charge is 0.211 e. The first-order valence-corrected chi connectivity index (χ1v) is 43.2. The topological polar surface area (TPSA) is 111 Å². The standard InChI is InChI=1S/C34H53ClO4Si.C34H54O5Si.CH2Cl2.Cl2OS/c2*1-31(2,3)40(7,8)39-26-18-17-23-27-28(25(20-34(23,26)35)36-21-22-14-10-9-11-15-22)33(6)19-13-12-16-24(33)29-30(27)38-32(4,5)37-29;2-1-3;1-4(2)3/h9-11,14-15,23-30H,12-13,16-21H2,1-8H3;9-11,14-15,23-30,35H,12-13,16-21H2,1-8H3;1H2;/t2*23?,24?,25-,26-,27?,28?,29+,30+,33-,34+;;/m00../s1. The summed E-state index contributed by atoms with van der Waals surface area (Å²) in [6.45, 7) is 37.9. The number of aliphatic hydroxyl groups is 1. The number of hydrogen-bond acceptors (Lipinski definition) is 10. The minimum atomic E-state index is -2.08. The molecule has 0 spiro atoms. The van der Waals surface area contributed by atoms with Crippen molar-refractivity contribution in [1.29, 1.82) is 0 Å². The van der Waals surface area contributed by atoms with Crippen LogP contribution in [0.4, 0.5) is 0 Å². The fraction of sp³-hybridized carbons (Fsp3) is 0.826. The highest BCUT2D eigenvalue weighted by Crippen LogP contribution is 2.70. The molecule has 10 aliphatic rings. The van der Waals surface area contributed by atoms with Gasteiger partial charge in [-0.05, 0) is 191 Å². The van der Waals surface area contributed by atoms with E-state index in [1.165, 1.54) is 62.5 Å². The Balaban J connectivity index is 0.000000188. The van der Waals surface area contributed by atoms with Gasteiger partial charge in [0.25, 0.3) is 0 Å². The third kappa shape index (κ3) is 14.3. The molecule has 1 N–H and O–H groups in total. The van der Waals surface area contributed by atoms with Crippen molar-refractivity contribution in [3.8, 4) is 0 Å². The van der Waals surface area contributed by atoms with Crippen LogP contribution in [-0.4, -0.2) is 102 Å². The molecule has 8 aliphatic carbocycles. The largest absolute Gasteiger partial charge is 0.412 e. The normalized spacial score (nSPS) is 41.5. The van der Waals surface area contributed by atoms with Crippen LogP contribution >= 0.6 is 56.2 Å². The molecular formula is C69H109Cl5O10SSi2. The molecule has 2 aromatic carbocycles. The molecule has 8 unspecified atom stereocenters. The van der Waals surface area contributed by atoms with E-state index in [2.05, 4.69) is 191 Å². The Hall–Kier alpha value is 0.114. The fourth-order valence-corrected chi connectivity index (χ4v) is 22.4. The van der Waals surface area contributed by atoms with Crippen molar-refractivity contribution >= 4 is 82.0 Å². The van der Waals surface area contributed by atoms with E-state index < -0.39 is 47.9 Å². The van der Waals surface area contributed by atoms with Gasteiger partial charge in [0.05, 0.1) is 77.9 Å². The van der Waals surface area contributed by atoms with Crippen LogP contribution in [-0.2, 0) is 59.7 Å². The summed E-state index contributed by atoms with van der Waals surface area (Å²) in [5, 5.41) is 13.3. The van der Waals surface area contributed by atoms with Gasteiger partial charge < -0.3 is 42.4 Å². The Morgan fingerprint density at radius 3 is 1.34 bits per heavy atom. The molecule has 87 heavy (non-hydrogen) atoms. The lowest BCUT2D eigenvalue weighted by molar-refractivity contribution is -0.252. The van der Waals surface area contributed by atoms with Gasteiger partial charge in [0.15, 0.2) is 28.2 Å². The molecule has 10 nitrogen and oxygen atoms in total. The summed E-state index contributed by atoms with van der Waals surface area (Å²) in [4.78, 5) is -0.448. The number of fused-ring (bicyclic) bond motifs is 16. The summed E-state index contributed by atoms with van der Waals surface area (Å²) in [5.41, 5.74) is 1.76. The van der Waals surface area contributed by atoms with Crippen LogP contribution in [0.3, 0.4) is 0 Å². The van der Waals surface area contributed by atoms with E-state index in [9.17, 15) is 5.11 Å². The molecule has 494 valence electrons. The first-order chi connectivity index (χ1) is 40.5. The summed E-state index contributed by atoms with van der Waals surface area (Å²) < 4.78 is 64.7. The maximum Gasteiger partial charge on any atom is 0.211 e. The maximum atomic E-state index is 12.9. The molecule has 0 aromatic heterocycles. The lowest BCUT2D eigenvalue weighted by Gasteiger charge is -2.64. The summed E-state index contributed by atoms with van der Waals surface area (Å²) in [6, 6.07) is 21.2. The van der Waals surface area contributed by atoms with Gasteiger partial charge in [0.1, 0.15) is 0 Å². The first-order valence-electron chi connectivity index (χ1n) is 33.1. The number of hydrogen-bond donors (Lipinski definition) is 1. The van der Waals surface area contributed by atoms with Gasteiger partial charge in [-0.25, -0.2) is 4.21 Å². The number of benzene rings is 2. The molecule has 18 heteroatoms. The zero-order valence-electron chi connectivity index (χ0n) is 55.5. The van der Waals surface area contributed by atoms with Crippen molar-refractivity contribution < 1.29 is 46.6 Å². The average molecular weight is 1360 g/mol. The average Bonchev–Trinajstić information content (AvgIpc) is 1.67. The molecule has 8 saturated carbocycles.